The number of carbonyl (C=O) groups is 2. The summed E-state index contributed by atoms with van der Waals surface area (Å²) in [6.45, 7) is 1.32. The van der Waals surface area contributed by atoms with Crippen LogP contribution in [0.2, 0.25) is 5.02 Å². The average Bonchev–Trinajstić information content (AvgIpc) is 2.55. The summed E-state index contributed by atoms with van der Waals surface area (Å²) in [5.41, 5.74) is 3.80. The van der Waals surface area contributed by atoms with Crippen molar-refractivity contribution >= 4 is 29.1 Å². The van der Waals surface area contributed by atoms with Crippen LogP contribution < -0.4 is 15.8 Å². The molecule has 0 aliphatic carbocycles. The number of hydrogen-bond acceptors (Lipinski definition) is 3. The molecule has 26 heavy (non-hydrogen) atoms. The molecule has 0 saturated carbocycles. The molecule has 138 valence electrons. The first kappa shape index (κ1) is 19.6. The fraction of sp³-hybridized carbons (Fsp3) is 0.176. The Hall–Kier alpha value is -2.74. The minimum atomic E-state index is -4.62. The SMILES string of the molecule is C[C@H](Oc1ccc(Cl)cc1C(N)=O)C(=O)Nc1ccccc1C(F)(F)F. The zero-order valence-corrected chi connectivity index (χ0v) is 14.2. The number of amides is 2. The Labute approximate surface area is 151 Å². The summed E-state index contributed by atoms with van der Waals surface area (Å²) < 4.78 is 44.3. The van der Waals surface area contributed by atoms with Crippen LogP contribution >= 0.6 is 11.6 Å². The van der Waals surface area contributed by atoms with Crippen molar-refractivity contribution < 1.29 is 27.5 Å². The highest BCUT2D eigenvalue weighted by Gasteiger charge is 2.34. The van der Waals surface area contributed by atoms with Crippen molar-refractivity contribution in [2.75, 3.05) is 5.32 Å². The Morgan fingerprint density at radius 1 is 1.19 bits per heavy atom. The fourth-order valence-corrected chi connectivity index (χ4v) is 2.29. The molecule has 0 unspecified atom stereocenters. The van der Waals surface area contributed by atoms with E-state index in [-0.39, 0.29) is 16.3 Å². The first-order chi connectivity index (χ1) is 12.1. The summed E-state index contributed by atoms with van der Waals surface area (Å²) in [6, 6.07) is 8.59. The molecule has 1 atom stereocenters. The Balaban J connectivity index is 2.19. The highest BCUT2D eigenvalue weighted by molar-refractivity contribution is 6.31. The number of alkyl halides is 3. The summed E-state index contributed by atoms with van der Waals surface area (Å²) >= 11 is 5.78. The van der Waals surface area contributed by atoms with E-state index in [0.29, 0.717) is 0 Å². The second kappa shape index (κ2) is 7.65. The van der Waals surface area contributed by atoms with Gasteiger partial charge in [0.2, 0.25) is 0 Å². The van der Waals surface area contributed by atoms with Gasteiger partial charge in [0.25, 0.3) is 11.8 Å². The van der Waals surface area contributed by atoms with E-state index >= 15 is 0 Å². The summed E-state index contributed by atoms with van der Waals surface area (Å²) in [4.78, 5) is 23.6. The lowest BCUT2D eigenvalue weighted by atomic mass is 10.1. The number of halogens is 4. The highest BCUT2D eigenvalue weighted by atomic mass is 35.5. The second-order valence-corrected chi connectivity index (χ2v) is 5.73. The topological polar surface area (TPSA) is 81.4 Å². The fourth-order valence-electron chi connectivity index (χ4n) is 2.12. The van der Waals surface area contributed by atoms with Gasteiger partial charge in [-0.05, 0) is 37.3 Å². The monoisotopic (exact) mass is 386 g/mol. The number of carbonyl (C=O) groups excluding carboxylic acids is 2. The molecule has 0 spiro atoms. The molecule has 2 rings (SSSR count). The first-order valence-corrected chi connectivity index (χ1v) is 7.70. The first-order valence-electron chi connectivity index (χ1n) is 7.32. The van der Waals surface area contributed by atoms with Crippen molar-refractivity contribution in [3.63, 3.8) is 0 Å². The standard InChI is InChI=1S/C17H14ClF3N2O3/c1-9(26-14-7-6-10(18)8-11(14)15(22)24)16(25)23-13-5-3-2-4-12(13)17(19,20)21/h2-9H,1H3,(H2,22,24)(H,23,25)/t9-/m0/s1. The number of hydrogen-bond donors (Lipinski definition) is 2. The molecule has 2 aromatic carbocycles. The van der Waals surface area contributed by atoms with Crippen LogP contribution in [0.25, 0.3) is 0 Å². The molecule has 0 saturated heterocycles. The third-order valence-electron chi connectivity index (χ3n) is 3.37. The maximum absolute atomic E-state index is 13.0. The lowest BCUT2D eigenvalue weighted by Gasteiger charge is -2.18. The molecular formula is C17H14ClF3N2O3. The number of primary amides is 1. The van der Waals surface area contributed by atoms with Gasteiger partial charge in [0, 0.05) is 5.02 Å². The number of benzene rings is 2. The molecule has 5 nitrogen and oxygen atoms in total. The van der Waals surface area contributed by atoms with Gasteiger partial charge in [-0.2, -0.15) is 13.2 Å². The van der Waals surface area contributed by atoms with Gasteiger partial charge in [0.1, 0.15) is 5.75 Å². The summed E-state index contributed by atoms with van der Waals surface area (Å²) in [7, 11) is 0. The van der Waals surface area contributed by atoms with Gasteiger partial charge in [-0.15, -0.1) is 0 Å². The van der Waals surface area contributed by atoms with Gasteiger partial charge in [0.05, 0.1) is 16.8 Å². The predicted molar refractivity (Wildman–Crippen MR) is 90.1 cm³/mol. The molecule has 0 aliphatic heterocycles. The van der Waals surface area contributed by atoms with Crippen molar-refractivity contribution in [2.45, 2.75) is 19.2 Å². The zero-order valence-electron chi connectivity index (χ0n) is 13.4. The van der Waals surface area contributed by atoms with Crippen molar-refractivity contribution in [3.8, 4) is 5.75 Å². The minimum Gasteiger partial charge on any atom is -0.480 e. The van der Waals surface area contributed by atoms with Crippen molar-refractivity contribution in [2.24, 2.45) is 5.73 Å². The van der Waals surface area contributed by atoms with Gasteiger partial charge in [-0.3, -0.25) is 9.59 Å². The van der Waals surface area contributed by atoms with Crippen LogP contribution in [0, 0.1) is 0 Å². The average molecular weight is 387 g/mol. The predicted octanol–water partition coefficient (Wildman–Crippen LogP) is 3.86. The van der Waals surface area contributed by atoms with Gasteiger partial charge in [-0.25, -0.2) is 0 Å². The molecule has 9 heteroatoms. The van der Waals surface area contributed by atoms with Crippen LogP contribution in [0.5, 0.6) is 5.75 Å². The molecule has 2 aromatic rings. The van der Waals surface area contributed by atoms with E-state index in [0.717, 1.165) is 12.1 Å². The summed E-state index contributed by atoms with van der Waals surface area (Å²) in [5.74, 6) is -1.65. The third kappa shape index (κ3) is 4.66. The maximum Gasteiger partial charge on any atom is 0.418 e. The van der Waals surface area contributed by atoms with Crippen LogP contribution in [0.1, 0.15) is 22.8 Å². The van der Waals surface area contributed by atoms with Gasteiger partial charge >= 0.3 is 6.18 Å². The molecule has 3 N–H and O–H groups in total. The van der Waals surface area contributed by atoms with Crippen molar-refractivity contribution in [1.29, 1.82) is 0 Å². The van der Waals surface area contributed by atoms with Crippen molar-refractivity contribution in [1.82, 2.24) is 0 Å². The number of ether oxygens (including phenoxy) is 1. The van der Waals surface area contributed by atoms with E-state index in [1.54, 1.807) is 0 Å². The molecule has 2 amide bonds. The van der Waals surface area contributed by atoms with Crippen molar-refractivity contribution in [3.05, 3.63) is 58.6 Å². The van der Waals surface area contributed by atoms with E-state index in [2.05, 4.69) is 5.32 Å². The van der Waals surface area contributed by atoms with Crippen LogP contribution in [0.15, 0.2) is 42.5 Å². The number of para-hydroxylation sites is 1. The van der Waals surface area contributed by atoms with E-state index in [1.807, 2.05) is 0 Å². The van der Waals surface area contributed by atoms with Crippen LogP contribution in [0.4, 0.5) is 18.9 Å². The Kier molecular flexibility index (Phi) is 5.76. The van der Waals surface area contributed by atoms with Crippen LogP contribution in [-0.4, -0.2) is 17.9 Å². The Morgan fingerprint density at radius 3 is 2.46 bits per heavy atom. The number of nitrogens with one attached hydrogen (secondary N) is 1. The molecule has 0 fully saturated rings. The summed E-state index contributed by atoms with van der Waals surface area (Å²) in [5, 5.41) is 2.41. The molecule has 0 aliphatic rings. The number of anilines is 1. The number of rotatable bonds is 5. The van der Waals surface area contributed by atoms with Crippen LogP contribution in [-0.2, 0) is 11.0 Å². The molecule has 0 aromatic heterocycles. The largest absolute Gasteiger partial charge is 0.480 e. The second-order valence-electron chi connectivity index (χ2n) is 5.30. The van der Waals surface area contributed by atoms with E-state index in [9.17, 15) is 22.8 Å². The molecule has 0 heterocycles. The molecular weight excluding hydrogens is 373 g/mol. The lowest BCUT2D eigenvalue weighted by Crippen LogP contribution is -2.31. The van der Waals surface area contributed by atoms with Gasteiger partial charge in [0.15, 0.2) is 6.10 Å². The van der Waals surface area contributed by atoms with E-state index in [1.165, 1.54) is 37.3 Å². The summed E-state index contributed by atoms with van der Waals surface area (Å²) in [6.07, 6.45) is -5.82. The zero-order chi connectivity index (χ0) is 19.5. The quantitative estimate of drug-likeness (QED) is 0.818. The Morgan fingerprint density at radius 2 is 1.85 bits per heavy atom. The maximum atomic E-state index is 13.0. The third-order valence-corrected chi connectivity index (χ3v) is 3.61. The highest BCUT2D eigenvalue weighted by Crippen LogP contribution is 2.34. The molecule has 0 radical (unpaired) electrons. The van der Waals surface area contributed by atoms with E-state index < -0.39 is 35.3 Å². The normalized spacial score (nSPS) is 12.3. The van der Waals surface area contributed by atoms with Gasteiger partial charge in [-0.1, -0.05) is 23.7 Å². The van der Waals surface area contributed by atoms with Crippen LogP contribution in [0.3, 0.4) is 0 Å². The smallest absolute Gasteiger partial charge is 0.418 e. The molecule has 0 bridgehead atoms. The Bertz CT molecular complexity index is 840. The van der Waals surface area contributed by atoms with Gasteiger partial charge < -0.3 is 15.8 Å². The number of nitrogens with two attached hydrogens (primary N) is 1. The van der Waals surface area contributed by atoms with E-state index in [4.69, 9.17) is 22.1 Å². The lowest BCUT2D eigenvalue weighted by molar-refractivity contribution is -0.137. The minimum absolute atomic E-state index is 0.00587.